The molecule has 0 atom stereocenters. The molecule has 0 aliphatic heterocycles. The van der Waals surface area contributed by atoms with Gasteiger partial charge in [-0.25, -0.2) is 15.0 Å². The molecule has 0 unspecified atom stereocenters. The Morgan fingerprint density at radius 1 is 1.06 bits per heavy atom. The minimum absolute atomic E-state index is 0.886. The zero-order chi connectivity index (χ0) is 13.5. The summed E-state index contributed by atoms with van der Waals surface area (Å²) in [4.78, 5) is 9.15. The second-order valence-electron chi connectivity index (χ2n) is 4.65. The van der Waals surface area contributed by atoms with E-state index in [0.717, 1.165) is 48.8 Å². The highest BCUT2D eigenvalue weighted by Gasteiger charge is 2.10. The zero-order valence-corrected chi connectivity index (χ0v) is 12.2. The van der Waals surface area contributed by atoms with Crippen LogP contribution in [-0.4, -0.2) is 35.6 Å². The zero-order valence-electron chi connectivity index (χ0n) is 12.2. The lowest BCUT2D eigenvalue weighted by atomic mass is 10.2. The number of nitrogens with one attached hydrogen (secondary N) is 2. The van der Waals surface area contributed by atoms with Gasteiger partial charge in [0.25, 0.3) is 0 Å². The number of aryl methyl sites for hydroxylation is 1. The van der Waals surface area contributed by atoms with Crippen molar-refractivity contribution in [3.8, 4) is 0 Å². The molecule has 0 aliphatic rings. The van der Waals surface area contributed by atoms with E-state index in [0.29, 0.717) is 0 Å². The maximum absolute atomic E-state index is 4.59. The predicted molar refractivity (Wildman–Crippen MR) is 76.9 cm³/mol. The lowest BCUT2D eigenvalue weighted by Crippen LogP contribution is -2.22. The lowest BCUT2D eigenvalue weighted by Gasteiger charge is -2.18. The van der Waals surface area contributed by atoms with E-state index in [1.807, 2.05) is 26.0 Å². The second kappa shape index (κ2) is 7.16. The molecular formula is C13H25N5. The van der Waals surface area contributed by atoms with Crippen molar-refractivity contribution in [3.63, 3.8) is 0 Å². The number of hydrogen-bond donors (Lipinski definition) is 2. The van der Waals surface area contributed by atoms with Crippen LogP contribution in [0.5, 0.6) is 0 Å². The van der Waals surface area contributed by atoms with Gasteiger partial charge in [0.05, 0.1) is 0 Å². The van der Waals surface area contributed by atoms with Crippen molar-refractivity contribution < 1.29 is 0 Å². The first-order valence-electron chi connectivity index (χ1n) is 6.63. The van der Waals surface area contributed by atoms with Crippen molar-refractivity contribution in [2.75, 3.05) is 31.4 Å². The Hall–Kier alpha value is -1.36. The summed E-state index contributed by atoms with van der Waals surface area (Å²) in [7, 11) is 3.92. The van der Waals surface area contributed by atoms with Gasteiger partial charge in [-0.2, -0.15) is 0 Å². The van der Waals surface area contributed by atoms with E-state index >= 15 is 0 Å². The summed E-state index contributed by atoms with van der Waals surface area (Å²) in [6.07, 6.45) is 3.05. The smallest absolute Gasteiger partial charge is 0.149 e. The minimum Gasteiger partial charge on any atom is -0.370 e. The normalized spacial score (nSPS) is 10.8. The van der Waals surface area contributed by atoms with Crippen LogP contribution in [0.15, 0.2) is 0 Å². The summed E-state index contributed by atoms with van der Waals surface area (Å²) in [5.74, 6) is 2.72. The molecule has 0 saturated carbocycles. The molecule has 0 bridgehead atoms. The van der Waals surface area contributed by atoms with Crippen LogP contribution in [0, 0.1) is 6.92 Å². The highest BCUT2D eigenvalue weighted by molar-refractivity contribution is 5.56. The molecule has 102 valence electrons. The van der Waals surface area contributed by atoms with Gasteiger partial charge in [0.15, 0.2) is 0 Å². The van der Waals surface area contributed by atoms with Crippen molar-refractivity contribution in [3.05, 3.63) is 11.4 Å². The summed E-state index contributed by atoms with van der Waals surface area (Å²) in [5, 5.41) is 5.26. The van der Waals surface area contributed by atoms with Crippen LogP contribution >= 0.6 is 0 Å². The van der Waals surface area contributed by atoms with E-state index in [2.05, 4.69) is 34.6 Å². The molecule has 1 rings (SSSR count). The first-order valence-corrected chi connectivity index (χ1v) is 6.63. The number of nitrogens with zero attached hydrogens (tertiary/aromatic N) is 3. The van der Waals surface area contributed by atoms with E-state index < -0.39 is 0 Å². The van der Waals surface area contributed by atoms with Gasteiger partial charge in [0.2, 0.25) is 0 Å². The molecule has 1 aromatic heterocycles. The van der Waals surface area contributed by atoms with Crippen molar-refractivity contribution in [2.45, 2.75) is 40.0 Å². The summed E-state index contributed by atoms with van der Waals surface area (Å²) >= 11 is 0. The molecule has 0 amide bonds. The molecule has 0 radical (unpaired) electrons. The molecule has 0 aromatic carbocycles. The molecule has 5 heteroatoms. The van der Waals surface area contributed by atoms with Gasteiger partial charge < -0.3 is 10.7 Å². The summed E-state index contributed by atoms with van der Waals surface area (Å²) in [5.41, 5.74) is 4.30. The minimum atomic E-state index is 0.886. The third-order valence-corrected chi connectivity index (χ3v) is 2.54. The van der Waals surface area contributed by atoms with Crippen LogP contribution in [0.3, 0.4) is 0 Å². The average Bonchev–Trinajstić information content (AvgIpc) is 2.31. The molecule has 5 nitrogen and oxygen atoms in total. The van der Waals surface area contributed by atoms with E-state index in [1.54, 1.807) is 0 Å². The van der Waals surface area contributed by atoms with Crippen molar-refractivity contribution in [1.82, 2.24) is 15.0 Å². The number of aromatic nitrogens is 2. The van der Waals surface area contributed by atoms with E-state index in [9.17, 15) is 0 Å². The molecular weight excluding hydrogens is 226 g/mol. The average molecular weight is 251 g/mol. The first kappa shape index (κ1) is 14.7. The van der Waals surface area contributed by atoms with Gasteiger partial charge >= 0.3 is 0 Å². The molecule has 18 heavy (non-hydrogen) atoms. The van der Waals surface area contributed by atoms with E-state index in [-0.39, 0.29) is 0 Å². The van der Waals surface area contributed by atoms with Gasteiger partial charge in [-0.05, 0) is 19.8 Å². The third-order valence-electron chi connectivity index (χ3n) is 2.54. The Balaban J connectivity index is 3.02. The predicted octanol–water partition coefficient (Wildman–Crippen LogP) is 2.45. The summed E-state index contributed by atoms with van der Waals surface area (Å²) in [6, 6.07) is 0. The highest BCUT2D eigenvalue weighted by Crippen LogP contribution is 2.20. The van der Waals surface area contributed by atoms with Gasteiger partial charge in [-0.3, -0.25) is 0 Å². The maximum Gasteiger partial charge on any atom is 0.149 e. The number of hydrogen-bond acceptors (Lipinski definition) is 5. The van der Waals surface area contributed by atoms with Crippen molar-refractivity contribution in [1.29, 1.82) is 0 Å². The SMILES string of the molecule is CCCNc1nc(CCC)nc(NN(C)C)c1C. The summed E-state index contributed by atoms with van der Waals surface area (Å²) < 4.78 is 0. The monoisotopic (exact) mass is 251 g/mol. The third kappa shape index (κ3) is 4.14. The Morgan fingerprint density at radius 3 is 2.28 bits per heavy atom. The first-order chi connectivity index (χ1) is 8.58. The Kier molecular flexibility index (Phi) is 5.85. The van der Waals surface area contributed by atoms with Crippen molar-refractivity contribution >= 4 is 11.6 Å². The largest absolute Gasteiger partial charge is 0.370 e. The van der Waals surface area contributed by atoms with Gasteiger partial charge in [-0.15, -0.1) is 0 Å². The fourth-order valence-corrected chi connectivity index (χ4v) is 1.63. The Labute approximate surface area is 110 Å². The highest BCUT2D eigenvalue weighted by atomic mass is 15.5. The Bertz CT molecular complexity index is 376. The summed E-state index contributed by atoms with van der Waals surface area (Å²) in [6.45, 7) is 7.27. The maximum atomic E-state index is 4.59. The van der Waals surface area contributed by atoms with Crippen LogP contribution in [0.2, 0.25) is 0 Å². The second-order valence-corrected chi connectivity index (χ2v) is 4.65. The molecule has 2 N–H and O–H groups in total. The van der Waals surface area contributed by atoms with Crippen LogP contribution < -0.4 is 10.7 Å². The van der Waals surface area contributed by atoms with E-state index in [4.69, 9.17) is 0 Å². The van der Waals surface area contributed by atoms with Crippen LogP contribution in [0.4, 0.5) is 11.6 Å². The molecule has 1 heterocycles. The van der Waals surface area contributed by atoms with Crippen LogP contribution in [-0.2, 0) is 6.42 Å². The standard InChI is InChI=1S/C13H25N5/c1-6-8-11-15-12(14-9-7-2)10(3)13(16-11)17-18(4)5/h6-9H2,1-5H3,(H2,14,15,16,17). The fourth-order valence-electron chi connectivity index (χ4n) is 1.63. The lowest BCUT2D eigenvalue weighted by molar-refractivity contribution is 0.491. The molecule has 0 spiro atoms. The van der Waals surface area contributed by atoms with Crippen LogP contribution in [0.1, 0.15) is 38.1 Å². The quantitative estimate of drug-likeness (QED) is 0.729. The van der Waals surface area contributed by atoms with Crippen LogP contribution in [0.25, 0.3) is 0 Å². The Morgan fingerprint density at radius 2 is 1.72 bits per heavy atom. The molecule has 0 saturated heterocycles. The van der Waals surface area contributed by atoms with E-state index in [1.165, 1.54) is 0 Å². The topological polar surface area (TPSA) is 53.1 Å². The van der Waals surface area contributed by atoms with Gasteiger partial charge in [0, 0.05) is 32.6 Å². The number of anilines is 2. The number of hydrazine groups is 1. The fraction of sp³-hybridized carbons (Fsp3) is 0.692. The molecule has 0 aliphatic carbocycles. The number of rotatable bonds is 7. The molecule has 0 fully saturated rings. The molecule has 1 aromatic rings. The van der Waals surface area contributed by atoms with Crippen molar-refractivity contribution in [2.24, 2.45) is 0 Å². The van der Waals surface area contributed by atoms with Gasteiger partial charge in [-0.1, -0.05) is 13.8 Å². The van der Waals surface area contributed by atoms with Gasteiger partial charge in [0.1, 0.15) is 17.5 Å².